The van der Waals surface area contributed by atoms with Crippen molar-refractivity contribution >= 4 is 34.4 Å². The second-order valence-corrected chi connectivity index (χ2v) is 9.84. The van der Waals surface area contributed by atoms with E-state index in [4.69, 9.17) is 26.1 Å². The summed E-state index contributed by atoms with van der Waals surface area (Å²) in [5, 5.41) is 5.74. The van der Waals surface area contributed by atoms with Gasteiger partial charge in [-0.05, 0) is 39.8 Å². The molecule has 1 atom stereocenters. The lowest BCUT2D eigenvalue weighted by atomic mass is 10.1. The second kappa shape index (κ2) is 8.79. The van der Waals surface area contributed by atoms with Crippen molar-refractivity contribution in [1.29, 1.82) is 0 Å². The molecule has 0 aliphatic carbocycles. The third-order valence-electron chi connectivity index (χ3n) is 5.51. The summed E-state index contributed by atoms with van der Waals surface area (Å²) in [7, 11) is 1.66. The van der Waals surface area contributed by atoms with Gasteiger partial charge in [0.05, 0.1) is 18.3 Å². The molecule has 1 amide bonds. The van der Waals surface area contributed by atoms with E-state index in [0.717, 1.165) is 16.7 Å². The molecule has 1 unspecified atom stereocenters. The zero-order chi connectivity index (χ0) is 23.8. The summed E-state index contributed by atoms with van der Waals surface area (Å²) >= 11 is 6.10. The lowest BCUT2D eigenvalue weighted by Crippen LogP contribution is -2.48. The molecule has 0 aromatic carbocycles. The normalized spacial score (nSPS) is 19.6. The maximum atomic E-state index is 12.8. The van der Waals surface area contributed by atoms with Crippen molar-refractivity contribution in [3.8, 4) is 5.82 Å². The Kier molecular flexibility index (Phi) is 6.20. The number of nitrogens with zero attached hydrogens (tertiary/aromatic N) is 6. The monoisotopic (exact) mass is 472 g/mol. The van der Waals surface area contributed by atoms with Crippen LogP contribution in [0.3, 0.4) is 0 Å². The Morgan fingerprint density at radius 2 is 1.91 bits per heavy atom. The van der Waals surface area contributed by atoms with Gasteiger partial charge in [0.25, 0.3) is 0 Å². The summed E-state index contributed by atoms with van der Waals surface area (Å²) in [6, 6.07) is 7.55. The van der Waals surface area contributed by atoms with E-state index in [-0.39, 0.29) is 6.09 Å². The quantitative estimate of drug-likeness (QED) is 0.534. The fraction of sp³-hybridized carbons (Fsp3) is 0.478. The average Bonchev–Trinajstić information content (AvgIpc) is 3.08. The van der Waals surface area contributed by atoms with Crippen LogP contribution in [0.25, 0.3) is 16.7 Å². The molecule has 1 aliphatic heterocycles. The second-order valence-electron chi connectivity index (χ2n) is 9.45. The van der Waals surface area contributed by atoms with Crippen LogP contribution in [0.1, 0.15) is 27.7 Å². The maximum absolute atomic E-state index is 12.8. The van der Waals surface area contributed by atoms with Crippen molar-refractivity contribution in [3.05, 3.63) is 41.8 Å². The highest BCUT2D eigenvalue weighted by molar-refractivity contribution is 6.30. The number of fused-ring (bicyclic) bond motifs is 1. The summed E-state index contributed by atoms with van der Waals surface area (Å²) in [4.78, 5) is 25.6. The molecule has 0 N–H and O–H groups in total. The zero-order valence-electron chi connectivity index (χ0n) is 19.6. The minimum Gasteiger partial charge on any atom is -0.444 e. The van der Waals surface area contributed by atoms with E-state index in [1.54, 1.807) is 35.2 Å². The van der Waals surface area contributed by atoms with Gasteiger partial charge in [-0.1, -0.05) is 17.7 Å². The lowest BCUT2D eigenvalue weighted by Gasteiger charge is -2.34. The number of hydrogen-bond donors (Lipinski definition) is 0. The van der Waals surface area contributed by atoms with Crippen molar-refractivity contribution in [2.75, 3.05) is 38.2 Å². The van der Waals surface area contributed by atoms with E-state index in [9.17, 15) is 4.79 Å². The zero-order valence-corrected chi connectivity index (χ0v) is 20.3. The maximum Gasteiger partial charge on any atom is 0.410 e. The molecular formula is C23H29ClN6O3. The number of aromatic nitrogens is 4. The predicted octanol–water partition coefficient (Wildman–Crippen LogP) is 3.93. The number of ether oxygens (including phenoxy) is 2. The van der Waals surface area contributed by atoms with Crippen molar-refractivity contribution in [2.45, 2.75) is 38.9 Å². The number of anilines is 1. The molecular weight excluding hydrogens is 444 g/mol. The SMILES string of the molecule is COC1(C)CN(C(=O)OC(C)(C)C)CCN(c2cccc(-n3ncc4cnc(Cl)cc43)n2)C1. The molecule has 1 saturated heterocycles. The Morgan fingerprint density at radius 1 is 1.15 bits per heavy atom. The molecule has 0 spiro atoms. The summed E-state index contributed by atoms with van der Waals surface area (Å²) in [6.07, 6.45) is 3.08. The largest absolute Gasteiger partial charge is 0.444 e. The van der Waals surface area contributed by atoms with Gasteiger partial charge in [0, 0.05) is 44.4 Å². The van der Waals surface area contributed by atoms with Gasteiger partial charge in [0.15, 0.2) is 5.82 Å². The Hall–Kier alpha value is -2.91. The van der Waals surface area contributed by atoms with E-state index in [2.05, 4.69) is 15.0 Å². The first kappa shape index (κ1) is 23.3. The Morgan fingerprint density at radius 3 is 2.64 bits per heavy atom. The number of carbonyl (C=O) groups excluding carboxylic acids is 1. The van der Waals surface area contributed by atoms with Crippen LogP contribution in [-0.4, -0.2) is 75.2 Å². The van der Waals surface area contributed by atoms with Crippen LogP contribution in [-0.2, 0) is 9.47 Å². The van der Waals surface area contributed by atoms with Gasteiger partial charge < -0.3 is 19.3 Å². The van der Waals surface area contributed by atoms with Gasteiger partial charge in [0.2, 0.25) is 0 Å². The lowest BCUT2D eigenvalue weighted by molar-refractivity contribution is -0.0218. The van der Waals surface area contributed by atoms with Crippen LogP contribution in [0.15, 0.2) is 36.7 Å². The molecule has 176 valence electrons. The molecule has 4 heterocycles. The van der Waals surface area contributed by atoms with E-state index >= 15 is 0 Å². The Balaban J connectivity index is 1.62. The van der Waals surface area contributed by atoms with Crippen molar-refractivity contribution in [2.24, 2.45) is 0 Å². The molecule has 3 aromatic heterocycles. The summed E-state index contributed by atoms with van der Waals surface area (Å²) in [5.41, 5.74) is -0.330. The minimum absolute atomic E-state index is 0.345. The number of halogens is 1. The minimum atomic E-state index is -0.595. The van der Waals surface area contributed by atoms with Gasteiger partial charge in [-0.3, -0.25) is 0 Å². The van der Waals surface area contributed by atoms with Crippen molar-refractivity contribution in [1.82, 2.24) is 24.6 Å². The standard InChI is InChI=1S/C23H29ClN6O3/c1-22(2,3)33-21(31)29-10-9-28(14-23(4,15-29)32-5)19-7-6-8-20(27-19)30-17-11-18(24)25-12-16(17)13-26-30/h6-8,11-13H,9-10,14-15H2,1-5H3. The molecule has 1 fully saturated rings. The number of rotatable bonds is 3. The number of methoxy groups -OCH3 is 1. The first-order valence-corrected chi connectivity index (χ1v) is 11.2. The van der Waals surface area contributed by atoms with Crippen LogP contribution in [0.2, 0.25) is 5.15 Å². The van der Waals surface area contributed by atoms with E-state index < -0.39 is 11.2 Å². The highest BCUT2D eigenvalue weighted by Crippen LogP contribution is 2.25. The molecule has 33 heavy (non-hydrogen) atoms. The first-order chi connectivity index (χ1) is 15.6. The highest BCUT2D eigenvalue weighted by atomic mass is 35.5. The van der Waals surface area contributed by atoms with E-state index in [0.29, 0.717) is 37.1 Å². The Bertz CT molecular complexity index is 1160. The molecule has 10 heteroatoms. The number of carbonyl (C=O) groups is 1. The van der Waals surface area contributed by atoms with Crippen LogP contribution in [0.5, 0.6) is 0 Å². The summed E-state index contributed by atoms with van der Waals surface area (Å²) < 4.78 is 13.2. The molecule has 3 aromatic rings. The van der Waals surface area contributed by atoms with Crippen molar-refractivity contribution in [3.63, 3.8) is 0 Å². The molecule has 0 radical (unpaired) electrons. The third kappa shape index (κ3) is 5.20. The van der Waals surface area contributed by atoms with Crippen LogP contribution < -0.4 is 4.90 Å². The number of hydrogen-bond acceptors (Lipinski definition) is 7. The van der Waals surface area contributed by atoms with Crippen molar-refractivity contribution < 1.29 is 14.3 Å². The number of pyridine rings is 2. The van der Waals surface area contributed by atoms with Crippen LogP contribution in [0, 0.1) is 0 Å². The third-order valence-corrected chi connectivity index (χ3v) is 5.72. The molecule has 1 aliphatic rings. The van der Waals surface area contributed by atoms with Gasteiger partial charge in [0.1, 0.15) is 22.2 Å². The molecule has 0 bridgehead atoms. The molecule has 4 rings (SSSR count). The highest BCUT2D eigenvalue weighted by Gasteiger charge is 2.36. The van der Waals surface area contributed by atoms with Gasteiger partial charge in [-0.25, -0.2) is 19.4 Å². The Labute approximate surface area is 198 Å². The first-order valence-electron chi connectivity index (χ1n) is 10.8. The molecule has 0 saturated carbocycles. The van der Waals surface area contributed by atoms with E-state index in [1.807, 2.05) is 45.9 Å². The topological polar surface area (TPSA) is 85.6 Å². The fourth-order valence-corrected chi connectivity index (χ4v) is 4.00. The average molecular weight is 473 g/mol. The molecule has 9 nitrogen and oxygen atoms in total. The van der Waals surface area contributed by atoms with Crippen LogP contribution in [0.4, 0.5) is 10.6 Å². The summed E-state index contributed by atoms with van der Waals surface area (Å²) in [6.45, 7) is 9.64. The van der Waals surface area contributed by atoms with Gasteiger partial charge in [-0.15, -0.1) is 0 Å². The predicted molar refractivity (Wildman–Crippen MR) is 127 cm³/mol. The number of amides is 1. The fourth-order valence-electron chi connectivity index (χ4n) is 3.85. The van der Waals surface area contributed by atoms with E-state index in [1.165, 1.54) is 0 Å². The van der Waals surface area contributed by atoms with Crippen LogP contribution >= 0.6 is 11.6 Å². The summed E-state index contributed by atoms with van der Waals surface area (Å²) in [5.74, 6) is 1.43. The van der Waals surface area contributed by atoms with Gasteiger partial charge in [-0.2, -0.15) is 5.10 Å². The van der Waals surface area contributed by atoms with Gasteiger partial charge >= 0.3 is 6.09 Å². The smallest absolute Gasteiger partial charge is 0.410 e.